The average Bonchev–Trinajstić information content (AvgIpc) is 3.11. The Bertz CT molecular complexity index is 1250. The Morgan fingerprint density at radius 2 is 1.53 bits per heavy atom. The molecule has 0 saturated carbocycles. The second-order valence-electron chi connectivity index (χ2n) is 7.61. The molecule has 1 fully saturated rings. The molecule has 3 aromatic rings. The molecule has 0 spiro atoms. The molecule has 166 valence electrons. The molecule has 1 N–H and O–H groups in total. The minimum atomic E-state index is -3.57. The van der Waals surface area contributed by atoms with Gasteiger partial charge in [0.2, 0.25) is 15.5 Å². The molecule has 0 unspecified atom stereocenters. The molecule has 0 atom stereocenters. The standard InChI is InChI=1S/C23H24N4O4S/c28-21-14-17-27(19-8-4-3-5-9-19)25-22(21)23(29)24-18-10-12-20(13-11-18)32(30,31)26-15-6-1-2-7-16-26/h3-5,8-14,17H,1-2,6-7,15-16H2,(H,24,29). The first-order chi connectivity index (χ1) is 15.4. The van der Waals surface area contributed by atoms with Crippen LogP contribution in [0.15, 0.2) is 76.6 Å². The second-order valence-corrected chi connectivity index (χ2v) is 9.54. The van der Waals surface area contributed by atoms with Crippen molar-refractivity contribution in [2.75, 3.05) is 18.4 Å². The number of nitrogens with zero attached hydrogens (tertiary/aromatic N) is 3. The lowest BCUT2D eigenvalue weighted by molar-refractivity contribution is 0.101. The topological polar surface area (TPSA) is 101 Å². The van der Waals surface area contributed by atoms with E-state index in [1.54, 1.807) is 0 Å². The lowest BCUT2D eigenvalue weighted by atomic mass is 10.2. The highest BCUT2D eigenvalue weighted by Gasteiger charge is 2.25. The molecule has 4 rings (SSSR count). The van der Waals surface area contributed by atoms with Crippen LogP contribution in [0, 0.1) is 0 Å². The predicted octanol–water partition coefficient (Wildman–Crippen LogP) is 3.05. The average molecular weight is 453 g/mol. The van der Waals surface area contributed by atoms with Crippen LogP contribution in [-0.2, 0) is 10.0 Å². The Morgan fingerprint density at radius 3 is 2.19 bits per heavy atom. The van der Waals surface area contributed by atoms with E-state index in [4.69, 9.17) is 0 Å². The number of para-hydroxylation sites is 1. The number of anilines is 1. The first-order valence-corrected chi connectivity index (χ1v) is 12.0. The van der Waals surface area contributed by atoms with E-state index in [-0.39, 0.29) is 10.6 Å². The van der Waals surface area contributed by atoms with Gasteiger partial charge in [-0.05, 0) is 49.2 Å². The number of hydrogen-bond acceptors (Lipinski definition) is 5. The molecule has 8 nitrogen and oxygen atoms in total. The van der Waals surface area contributed by atoms with E-state index in [1.807, 2.05) is 30.3 Å². The van der Waals surface area contributed by atoms with E-state index in [1.165, 1.54) is 45.5 Å². The van der Waals surface area contributed by atoms with Crippen molar-refractivity contribution < 1.29 is 13.2 Å². The summed E-state index contributed by atoms with van der Waals surface area (Å²) in [6.07, 6.45) is 5.29. The maximum atomic E-state index is 12.9. The summed E-state index contributed by atoms with van der Waals surface area (Å²) in [5, 5.41) is 6.78. The highest BCUT2D eigenvalue weighted by Crippen LogP contribution is 2.22. The zero-order chi connectivity index (χ0) is 22.6. The molecule has 0 radical (unpaired) electrons. The van der Waals surface area contributed by atoms with Crippen LogP contribution in [0.5, 0.6) is 0 Å². The zero-order valence-corrected chi connectivity index (χ0v) is 18.3. The molecule has 0 aliphatic carbocycles. The third-order valence-electron chi connectivity index (χ3n) is 5.36. The highest BCUT2D eigenvalue weighted by atomic mass is 32.2. The van der Waals surface area contributed by atoms with E-state index in [9.17, 15) is 18.0 Å². The third-order valence-corrected chi connectivity index (χ3v) is 7.27. The molecular weight excluding hydrogens is 428 g/mol. The number of hydrogen-bond donors (Lipinski definition) is 1. The molecule has 0 bridgehead atoms. The van der Waals surface area contributed by atoms with Crippen LogP contribution in [0.4, 0.5) is 5.69 Å². The number of amides is 1. The Balaban J connectivity index is 1.51. The van der Waals surface area contributed by atoms with Gasteiger partial charge in [0.15, 0.2) is 5.69 Å². The van der Waals surface area contributed by atoms with Crippen LogP contribution in [0.3, 0.4) is 0 Å². The van der Waals surface area contributed by atoms with Gasteiger partial charge in [0, 0.05) is 31.0 Å². The van der Waals surface area contributed by atoms with Crippen molar-refractivity contribution in [3.63, 3.8) is 0 Å². The van der Waals surface area contributed by atoms with Crippen molar-refractivity contribution in [3.8, 4) is 5.69 Å². The largest absolute Gasteiger partial charge is 0.320 e. The minimum absolute atomic E-state index is 0.182. The van der Waals surface area contributed by atoms with Crippen molar-refractivity contribution >= 4 is 21.6 Å². The van der Waals surface area contributed by atoms with Crippen molar-refractivity contribution in [2.24, 2.45) is 0 Å². The van der Waals surface area contributed by atoms with E-state index in [0.717, 1.165) is 25.7 Å². The summed E-state index contributed by atoms with van der Waals surface area (Å²) < 4.78 is 28.8. The zero-order valence-electron chi connectivity index (χ0n) is 17.5. The van der Waals surface area contributed by atoms with Crippen LogP contribution in [0.25, 0.3) is 5.69 Å². The Labute approximate surface area is 186 Å². The molecule has 2 heterocycles. The summed E-state index contributed by atoms with van der Waals surface area (Å²) in [7, 11) is -3.57. The summed E-state index contributed by atoms with van der Waals surface area (Å²) >= 11 is 0. The highest BCUT2D eigenvalue weighted by molar-refractivity contribution is 7.89. The third kappa shape index (κ3) is 4.79. The van der Waals surface area contributed by atoms with Crippen molar-refractivity contribution in [1.82, 2.24) is 14.1 Å². The van der Waals surface area contributed by atoms with E-state index < -0.39 is 21.4 Å². The molecular formula is C23H24N4O4S. The van der Waals surface area contributed by atoms with Crippen molar-refractivity contribution in [1.29, 1.82) is 0 Å². The van der Waals surface area contributed by atoms with Crippen LogP contribution in [-0.4, -0.2) is 41.5 Å². The lowest BCUT2D eigenvalue weighted by Crippen LogP contribution is -2.31. The number of carbonyl (C=O) groups is 1. The fraction of sp³-hybridized carbons (Fsp3) is 0.261. The number of carbonyl (C=O) groups excluding carboxylic acids is 1. The molecule has 1 aliphatic heterocycles. The van der Waals surface area contributed by atoms with Gasteiger partial charge in [0.25, 0.3) is 5.91 Å². The Kier molecular flexibility index (Phi) is 6.48. The number of sulfonamides is 1. The predicted molar refractivity (Wildman–Crippen MR) is 121 cm³/mol. The SMILES string of the molecule is O=C(Nc1ccc(S(=O)(=O)N2CCCCCC2)cc1)c1nn(-c2ccccc2)ccc1=O. The van der Waals surface area contributed by atoms with Gasteiger partial charge >= 0.3 is 0 Å². The summed E-state index contributed by atoms with van der Waals surface area (Å²) in [6, 6.07) is 16.4. The molecule has 32 heavy (non-hydrogen) atoms. The molecule has 2 aromatic carbocycles. The number of nitrogens with one attached hydrogen (secondary N) is 1. The van der Waals surface area contributed by atoms with E-state index in [2.05, 4.69) is 10.4 Å². The van der Waals surface area contributed by atoms with Crippen LogP contribution < -0.4 is 10.7 Å². The molecule has 1 amide bonds. The monoisotopic (exact) mass is 452 g/mol. The van der Waals surface area contributed by atoms with Crippen LogP contribution in [0.2, 0.25) is 0 Å². The smallest absolute Gasteiger partial charge is 0.280 e. The maximum absolute atomic E-state index is 12.9. The first kappa shape index (κ1) is 21.9. The fourth-order valence-electron chi connectivity index (χ4n) is 3.62. The Hall–Kier alpha value is -3.30. The lowest BCUT2D eigenvalue weighted by Gasteiger charge is -2.20. The second kappa shape index (κ2) is 9.46. The number of aromatic nitrogens is 2. The van der Waals surface area contributed by atoms with Gasteiger partial charge in [-0.2, -0.15) is 9.40 Å². The van der Waals surface area contributed by atoms with Gasteiger partial charge in [-0.1, -0.05) is 31.0 Å². The minimum Gasteiger partial charge on any atom is -0.320 e. The normalized spacial score (nSPS) is 15.1. The van der Waals surface area contributed by atoms with E-state index in [0.29, 0.717) is 24.5 Å². The van der Waals surface area contributed by atoms with Crippen LogP contribution >= 0.6 is 0 Å². The number of benzene rings is 2. The van der Waals surface area contributed by atoms with Crippen molar-refractivity contribution in [3.05, 3.63) is 82.8 Å². The molecule has 1 saturated heterocycles. The fourth-order valence-corrected chi connectivity index (χ4v) is 5.14. The molecule has 9 heteroatoms. The summed E-state index contributed by atoms with van der Waals surface area (Å²) in [5.41, 5.74) is 0.332. The van der Waals surface area contributed by atoms with Gasteiger partial charge in [-0.3, -0.25) is 9.59 Å². The summed E-state index contributed by atoms with van der Waals surface area (Å²) in [4.78, 5) is 25.1. The van der Waals surface area contributed by atoms with Gasteiger partial charge in [0.05, 0.1) is 10.6 Å². The van der Waals surface area contributed by atoms with Crippen molar-refractivity contribution in [2.45, 2.75) is 30.6 Å². The molecule has 1 aromatic heterocycles. The first-order valence-electron chi connectivity index (χ1n) is 10.5. The maximum Gasteiger partial charge on any atom is 0.280 e. The van der Waals surface area contributed by atoms with Gasteiger partial charge in [-0.15, -0.1) is 0 Å². The van der Waals surface area contributed by atoms with Crippen LogP contribution in [0.1, 0.15) is 36.2 Å². The van der Waals surface area contributed by atoms with Gasteiger partial charge in [0.1, 0.15) is 0 Å². The van der Waals surface area contributed by atoms with Gasteiger partial charge in [-0.25, -0.2) is 13.1 Å². The van der Waals surface area contributed by atoms with Gasteiger partial charge < -0.3 is 5.32 Å². The number of rotatable bonds is 5. The summed E-state index contributed by atoms with van der Waals surface area (Å²) in [5.74, 6) is -0.664. The quantitative estimate of drug-likeness (QED) is 0.641. The molecule has 1 aliphatic rings. The Morgan fingerprint density at radius 1 is 0.875 bits per heavy atom. The van der Waals surface area contributed by atoms with E-state index >= 15 is 0 Å². The summed E-state index contributed by atoms with van der Waals surface area (Å²) in [6.45, 7) is 1.04.